The molecule has 0 aliphatic heterocycles. The number of nitrogens with one attached hydrogen (secondary N) is 1. The van der Waals surface area contributed by atoms with Crippen molar-refractivity contribution in [3.8, 4) is 0 Å². The summed E-state index contributed by atoms with van der Waals surface area (Å²) in [6.45, 7) is 1.49. The minimum absolute atomic E-state index is 0. The number of nitrogens with zero attached hydrogens (tertiary/aromatic N) is 4. The molecule has 1 aromatic carbocycles. The molecule has 1 N–H and O–H groups in total. The Labute approximate surface area is 172 Å². The molecule has 0 fully saturated rings. The normalized spacial score (nSPS) is 12.3. The fraction of sp³-hybridized carbons (Fsp3) is 0.188. The number of alkyl halides is 3. The molecule has 0 unspecified atom stereocenters. The largest absolute Gasteiger partial charge is 1.00 e. The first-order chi connectivity index (χ1) is 13.1. The van der Waals surface area contributed by atoms with Crippen LogP contribution in [0.25, 0.3) is 5.52 Å². The van der Waals surface area contributed by atoms with E-state index >= 15 is 0 Å². The summed E-state index contributed by atoms with van der Waals surface area (Å²) in [5, 5.41) is 28.6. The van der Waals surface area contributed by atoms with E-state index in [2.05, 4.69) is 15.4 Å². The molecule has 0 amide bonds. The van der Waals surface area contributed by atoms with E-state index in [-0.39, 0.29) is 41.3 Å². The molecule has 0 spiro atoms. The number of rotatable bonds is 5. The molecule has 13 heteroatoms. The Balaban J connectivity index is 0.00000300. The molecule has 9 nitrogen and oxygen atoms in total. The summed E-state index contributed by atoms with van der Waals surface area (Å²) in [4.78, 5) is 25.0. The zero-order valence-electron chi connectivity index (χ0n) is 15.1. The quantitative estimate of drug-likeness (QED) is 0.337. The number of anilines is 1. The Hall–Kier alpha value is -3.10. The zero-order chi connectivity index (χ0) is 20.6. The van der Waals surface area contributed by atoms with Gasteiger partial charge in [-0.3, -0.25) is 10.1 Å². The van der Waals surface area contributed by atoms with Crippen LogP contribution in [0.3, 0.4) is 0 Å². The van der Waals surface area contributed by atoms with E-state index in [4.69, 9.17) is 0 Å². The first kappa shape index (κ1) is 22.2. The Kier molecular flexibility index (Phi) is 6.20. The second-order valence-corrected chi connectivity index (χ2v) is 5.89. The van der Waals surface area contributed by atoms with E-state index < -0.39 is 34.4 Å². The molecular formula is C16H11F3LiN5O4. The molecule has 0 aliphatic carbocycles. The van der Waals surface area contributed by atoms with Crippen LogP contribution < -0.4 is 29.3 Å². The van der Waals surface area contributed by atoms with Gasteiger partial charge in [-0.1, -0.05) is 0 Å². The van der Waals surface area contributed by atoms with Crippen molar-refractivity contribution in [2.24, 2.45) is 0 Å². The first-order valence-electron chi connectivity index (χ1n) is 7.74. The summed E-state index contributed by atoms with van der Waals surface area (Å²) in [7, 11) is 0. The Morgan fingerprint density at radius 1 is 1.28 bits per heavy atom. The number of aromatic nitrogens is 3. The van der Waals surface area contributed by atoms with Crippen LogP contribution >= 0.6 is 0 Å². The van der Waals surface area contributed by atoms with Gasteiger partial charge in [-0.05, 0) is 24.6 Å². The van der Waals surface area contributed by atoms with E-state index in [0.717, 1.165) is 18.5 Å². The Bertz CT molecular complexity index is 1090. The summed E-state index contributed by atoms with van der Waals surface area (Å²) < 4.78 is 40.4. The summed E-state index contributed by atoms with van der Waals surface area (Å²) >= 11 is 0. The van der Waals surface area contributed by atoms with Gasteiger partial charge in [0.15, 0.2) is 5.82 Å². The van der Waals surface area contributed by atoms with Crippen molar-refractivity contribution in [3.63, 3.8) is 0 Å². The molecule has 3 rings (SSSR count). The van der Waals surface area contributed by atoms with Crippen molar-refractivity contribution < 1.29 is 46.9 Å². The third kappa shape index (κ3) is 4.67. The number of non-ortho nitro benzene ring substituents is 1. The fourth-order valence-electron chi connectivity index (χ4n) is 2.59. The predicted octanol–water partition coefficient (Wildman–Crippen LogP) is -0.803. The smallest absolute Gasteiger partial charge is 0.545 e. The van der Waals surface area contributed by atoms with Crippen LogP contribution in [0.4, 0.5) is 24.7 Å². The average Bonchev–Trinajstić information content (AvgIpc) is 3.06. The van der Waals surface area contributed by atoms with Crippen molar-refractivity contribution in [1.82, 2.24) is 14.6 Å². The molecule has 29 heavy (non-hydrogen) atoms. The number of fused-ring (bicyclic) bond motifs is 1. The van der Waals surface area contributed by atoms with Crippen LogP contribution in [-0.4, -0.2) is 25.5 Å². The number of nitro groups is 1. The number of carboxylic acid groups (broad SMARTS) is 1. The average molecular weight is 401 g/mol. The van der Waals surface area contributed by atoms with Gasteiger partial charge in [0.1, 0.15) is 11.8 Å². The molecular weight excluding hydrogens is 390 g/mol. The van der Waals surface area contributed by atoms with E-state index in [0.29, 0.717) is 6.07 Å². The molecule has 0 bridgehead atoms. The van der Waals surface area contributed by atoms with Crippen molar-refractivity contribution >= 4 is 23.0 Å². The predicted molar refractivity (Wildman–Crippen MR) is 87.5 cm³/mol. The number of carbonyl (C=O) groups is 1. The number of nitro benzene ring substituents is 1. The van der Waals surface area contributed by atoms with Gasteiger partial charge in [0.2, 0.25) is 0 Å². The van der Waals surface area contributed by atoms with Gasteiger partial charge in [-0.25, -0.2) is 9.50 Å². The van der Waals surface area contributed by atoms with Gasteiger partial charge in [-0.2, -0.15) is 18.3 Å². The minimum Gasteiger partial charge on any atom is -0.545 e. The van der Waals surface area contributed by atoms with Gasteiger partial charge in [0.05, 0.1) is 22.5 Å². The first-order valence-corrected chi connectivity index (χ1v) is 7.74. The summed E-state index contributed by atoms with van der Waals surface area (Å²) in [6.07, 6.45) is -2.44. The number of hydrogen-bond donors (Lipinski definition) is 1. The van der Waals surface area contributed by atoms with Gasteiger partial charge in [-0.15, -0.1) is 0 Å². The van der Waals surface area contributed by atoms with E-state index in [1.165, 1.54) is 23.7 Å². The molecule has 0 radical (unpaired) electrons. The topological polar surface area (TPSA) is 125 Å². The molecule has 3 aromatic rings. The number of carboxylic acids is 1. The summed E-state index contributed by atoms with van der Waals surface area (Å²) in [5.74, 6) is -1.30. The van der Waals surface area contributed by atoms with Crippen molar-refractivity contribution in [2.75, 3.05) is 5.32 Å². The molecule has 0 saturated carbocycles. The second kappa shape index (κ2) is 8.10. The van der Waals surface area contributed by atoms with Crippen LogP contribution in [0.2, 0.25) is 0 Å². The van der Waals surface area contributed by atoms with E-state index in [1.807, 2.05) is 0 Å². The van der Waals surface area contributed by atoms with Crippen LogP contribution in [0, 0.1) is 10.1 Å². The maximum absolute atomic E-state index is 13.1. The van der Waals surface area contributed by atoms with E-state index in [9.17, 15) is 33.2 Å². The van der Waals surface area contributed by atoms with Crippen molar-refractivity contribution in [1.29, 1.82) is 0 Å². The van der Waals surface area contributed by atoms with Gasteiger partial charge < -0.3 is 15.2 Å². The fourth-order valence-corrected chi connectivity index (χ4v) is 2.59. The van der Waals surface area contributed by atoms with E-state index in [1.54, 1.807) is 0 Å². The Morgan fingerprint density at radius 3 is 2.55 bits per heavy atom. The monoisotopic (exact) mass is 401 g/mol. The maximum Gasteiger partial charge on any atom is 1.00 e. The number of benzene rings is 1. The third-order valence-electron chi connectivity index (χ3n) is 3.97. The molecule has 146 valence electrons. The summed E-state index contributed by atoms with van der Waals surface area (Å²) in [5.41, 5.74) is -1.76. The number of halogens is 3. The number of carbonyl (C=O) groups excluding carboxylic acids is 1. The molecule has 2 heterocycles. The van der Waals surface area contributed by atoms with Crippen LogP contribution in [-0.2, 0) is 6.18 Å². The second-order valence-electron chi connectivity index (χ2n) is 5.89. The third-order valence-corrected chi connectivity index (χ3v) is 3.97. The molecule has 1 atom stereocenters. The van der Waals surface area contributed by atoms with Crippen molar-refractivity contribution in [2.45, 2.75) is 19.1 Å². The molecule has 2 aromatic heterocycles. The minimum atomic E-state index is -4.76. The van der Waals surface area contributed by atoms with Crippen molar-refractivity contribution in [3.05, 3.63) is 63.6 Å². The SMILES string of the molecule is C[C@@H](Nc1ncnn2cc(C(=O)[O-])cc12)c1cc([N+](=O)[O-])cc(C(F)(F)F)c1.[Li+]. The Morgan fingerprint density at radius 2 is 1.97 bits per heavy atom. The van der Waals surface area contributed by atoms with Crippen LogP contribution in [0.1, 0.15) is 34.5 Å². The van der Waals surface area contributed by atoms with Gasteiger partial charge in [0, 0.05) is 23.9 Å². The summed E-state index contributed by atoms with van der Waals surface area (Å²) in [6, 6.07) is 2.70. The maximum atomic E-state index is 13.1. The van der Waals surface area contributed by atoms with Crippen LogP contribution in [0.15, 0.2) is 36.8 Å². The zero-order valence-corrected chi connectivity index (χ0v) is 15.1. The number of aromatic carboxylic acids is 1. The standard InChI is InChI=1S/C16H12F3N5O4.Li/c1-8(9-2-11(16(17,18)19)5-12(3-9)24(27)28)22-14-13-4-10(15(25)26)6-23(13)21-7-20-14;/h2-8H,1H3,(H,25,26)(H,20,21,22);/q;+1/p-1/t8-;/m1./s1. The van der Waals surface area contributed by atoms with Crippen LogP contribution in [0.5, 0.6) is 0 Å². The molecule has 0 saturated heterocycles. The number of hydrogen-bond acceptors (Lipinski definition) is 7. The van der Waals surface area contributed by atoms with Gasteiger partial charge >= 0.3 is 25.0 Å². The molecule has 0 aliphatic rings. The van der Waals surface area contributed by atoms with Gasteiger partial charge in [0.25, 0.3) is 5.69 Å².